The van der Waals surface area contributed by atoms with E-state index in [1.165, 1.54) is 7.11 Å². The minimum atomic E-state index is -1.71. The van der Waals surface area contributed by atoms with Crippen LogP contribution >= 0.6 is 0 Å². The highest BCUT2D eigenvalue weighted by molar-refractivity contribution is 5.75. The van der Waals surface area contributed by atoms with E-state index in [2.05, 4.69) is 0 Å². The average Bonchev–Trinajstić information content (AvgIpc) is 2.50. The van der Waals surface area contributed by atoms with E-state index in [9.17, 15) is 15.0 Å². The van der Waals surface area contributed by atoms with Crippen LogP contribution in [-0.4, -0.2) is 29.4 Å². The SMILES string of the molecule is COC(c1ccccc1)(c1ccccc1)[C@@H](O)C(=O)O. The first kappa shape index (κ1) is 14.2. The molecule has 0 fully saturated rings. The summed E-state index contributed by atoms with van der Waals surface area (Å²) in [6.07, 6.45) is -1.71. The monoisotopic (exact) mass is 272 g/mol. The van der Waals surface area contributed by atoms with Crippen molar-refractivity contribution in [2.45, 2.75) is 11.7 Å². The Hall–Kier alpha value is -2.17. The number of aliphatic hydroxyl groups is 1. The molecule has 0 spiro atoms. The van der Waals surface area contributed by atoms with Crippen LogP contribution in [0.2, 0.25) is 0 Å². The van der Waals surface area contributed by atoms with Gasteiger partial charge >= 0.3 is 5.97 Å². The van der Waals surface area contributed by atoms with Gasteiger partial charge in [-0.25, -0.2) is 4.79 Å². The first-order chi connectivity index (χ1) is 9.63. The number of hydrogen-bond donors (Lipinski definition) is 2. The second-order valence-electron chi connectivity index (χ2n) is 4.41. The van der Waals surface area contributed by atoms with E-state index in [4.69, 9.17) is 4.74 Å². The van der Waals surface area contributed by atoms with Gasteiger partial charge in [0, 0.05) is 7.11 Å². The second-order valence-corrected chi connectivity index (χ2v) is 4.41. The van der Waals surface area contributed by atoms with Gasteiger partial charge in [-0.3, -0.25) is 0 Å². The maximum Gasteiger partial charge on any atom is 0.336 e. The van der Waals surface area contributed by atoms with Crippen molar-refractivity contribution in [2.24, 2.45) is 0 Å². The van der Waals surface area contributed by atoms with Gasteiger partial charge in [0.1, 0.15) is 0 Å². The average molecular weight is 272 g/mol. The summed E-state index contributed by atoms with van der Waals surface area (Å²) >= 11 is 0. The van der Waals surface area contributed by atoms with Crippen molar-refractivity contribution < 1.29 is 19.7 Å². The van der Waals surface area contributed by atoms with E-state index in [1.807, 2.05) is 12.1 Å². The van der Waals surface area contributed by atoms with Crippen LogP contribution in [0.25, 0.3) is 0 Å². The number of hydrogen-bond acceptors (Lipinski definition) is 3. The number of benzene rings is 2. The quantitative estimate of drug-likeness (QED) is 0.874. The number of ether oxygens (including phenoxy) is 1. The molecule has 0 saturated heterocycles. The van der Waals surface area contributed by atoms with Crippen LogP contribution in [0.1, 0.15) is 11.1 Å². The van der Waals surface area contributed by atoms with Gasteiger partial charge in [-0.15, -0.1) is 0 Å². The molecule has 1 atom stereocenters. The van der Waals surface area contributed by atoms with E-state index in [-0.39, 0.29) is 0 Å². The van der Waals surface area contributed by atoms with Crippen LogP contribution in [0, 0.1) is 0 Å². The predicted octanol–water partition coefficient (Wildman–Crippen LogP) is 2.02. The Morgan fingerprint density at radius 1 is 1.00 bits per heavy atom. The van der Waals surface area contributed by atoms with Gasteiger partial charge in [-0.2, -0.15) is 0 Å². The molecule has 0 aliphatic heterocycles. The van der Waals surface area contributed by atoms with Gasteiger partial charge in [0.05, 0.1) is 0 Å². The molecule has 0 aromatic heterocycles. The molecule has 0 amide bonds. The molecule has 0 aliphatic carbocycles. The third kappa shape index (κ3) is 2.31. The lowest BCUT2D eigenvalue weighted by Crippen LogP contribution is -2.47. The predicted molar refractivity (Wildman–Crippen MR) is 74.3 cm³/mol. The van der Waals surface area contributed by atoms with Crippen LogP contribution in [-0.2, 0) is 15.1 Å². The summed E-state index contributed by atoms with van der Waals surface area (Å²) in [5.41, 5.74) is -0.263. The molecule has 0 bridgehead atoms. The molecule has 2 N–H and O–H groups in total. The van der Waals surface area contributed by atoms with Crippen molar-refractivity contribution in [3.63, 3.8) is 0 Å². The maximum atomic E-state index is 11.3. The fourth-order valence-electron chi connectivity index (χ4n) is 2.38. The molecule has 0 aliphatic rings. The van der Waals surface area contributed by atoms with Crippen molar-refractivity contribution in [3.8, 4) is 0 Å². The van der Waals surface area contributed by atoms with Crippen LogP contribution < -0.4 is 0 Å². The highest BCUT2D eigenvalue weighted by atomic mass is 16.5. The number of aliphatic carboxylic acids is 1. The number of carboxylic acid groups (broad SMARTS) is 1. The maximum absolute atomic E-state index is 11.3. The molecule has 0 saturated carbocycles. The summed E-state index contributed by atoms with van der Waals surface area (Å²) < 4.78 is 5.50. The first-order valence-corrected chi connectivity index (χ1v) is 6.20. The molecule has 0 unspecified atom stereocenters. The topological polar surface area (TPSA) is 66.8 Å². The van der Waals surface area contributed by atoms with E-state index in [0.717, 1.165) is 0 Å². The molecular formula is C16H16O4. The summed E-state index contributed by atoms with van der Waals surface area (Å²) in [6, 6.07) is 17.7. The van der Waals surface area contributed by atoms with Crippen molar-refractivity contribution in [3.05, 3.63) is 71.8 Å². The summed E-state index contributed by atoms with van der Waals surface area (Å²) in [5, 5.41) is 19.5. The minimum absolute atomic E-state index is 0.587. The van der Waals surface area contributed by atoms with Crippen LogP contribution in [0.4, 0.5) is 0 Å². The Morgan fingerprint density at radius 2 is 1.40 bits per heavy atom. The number of carboxylic acids is 1. The highest BCUT2D eigenvalue weighted by Crippen LogP contribution is 2.36. The summed E-state index contributed by atoms with van der Waals surface area (Å²) in [4.78, 5) is 11.3. The van der Waals surface area contributed by atoms with E-state index in [1.54, 1.807) is 48.5 Å². The van der Waals surface area contributed by atoms with Gasteiger partial charge in [-0.1, -0.05) is 60.7 Å². The number of aliphatic hydroxyl groups excluding tert-OH is 1. The minimum Gasteiger partial charge on any atom is -0.479 e. The number of rotatable bonds is 5. The highest BCUT2D eigenvalue weighted by Gasteiger charge is 2.45. The van der Waals surface area contributed by atoms with Gasteiger partial charge in [-0.05, 0) is 11.1 Å². The fourth-order valence-corrected chi connectivity index (χ4v) is 2.38. The molecule has 20 heavy (non-hydrogen) atoms. The molecule has 0 heterocycles. The Bertz CT molecular complexity index is 526. The van der Waals surface area contributed by atoms with Crippen LogP contribution in [0.5, 0.6) is 0 Å². The second kappa shape index (κ2) is 5.86. The third-order valence-corrected chi connectivity index (χ3v) is 3.35. The molecule has 4 nitrogen and oxygen atoms in total. The summed E-state index contributed by atoms with van der Waals surface area (Å²) in [6.45, 7) is 0. The molecule has 2 aromatic carbocycles. The van der Waals surface area contributed by atoms with Gasteiger partial charge in [0.25, 0.3) is 0 Å². The molecule has 4 heteroatoms. The fraction of sp³-hybridized carbons (Fsp3) is 0.188. The van der Waals surface area contributed by atoms with Gasteiger partial charge in [0.2, 0.25) is 0 Å². The lowest BCUT2D eigenvalue weighted by molar-refractivity contribution is -0.163. The van der Waals surface area contributed by atoms with Crippen molar-refractivity contribution in [1.82, 2.24) is 0 Å². The zero-order chi connectivity index (χ0) is 14.6. The lowest BCUT2D eigenvalue weighted by atomic mass is 9.81. The normalized spacial score (nSPS) is 12.9. The molecule has 2 rings (SSSR count). The number of carbonyl (C=O) groups is 1. The third-order valence-electron chi connectivity index (χ3n) is 3.35. The molecular weight excluding hydrogens is 256 g/mol. The Labute approximate surface area is 117 Å². The zero-order valence-corrected chi connectivity index (χ0v) is 11.1. The molecule has 0 radical (unpaired) electrons. The van der Waals surface area contributed by atoms with E-state index >= 15 is 0 Å². The van der Waals surface area contributed by atoms with Crippen LogP contribution in [0.3, 0.4) is 0 Å². The van der Waals surface area contributed by atoms with Gasteiger partial charge in [0.15, 0.2) is 11.7 Å². The Morgan fingerprint density at radius 3 is 1.70 bits per heavy atom. The van der Waals surface area contributed by atoms with E-state index < -0.39 is 17.7 Å². The standard InChI is InChI=1S/C16H16O4/c1-20-16(14(17)15(18)19,12-8-4-2-5-9-12)13-10-6-3-7-11-13/h2-11,14,17H,1H3,(H,18,19)/t14-/m0/s1. The van der Waals surface area contributed by atoms with Crippen molar-refractivity contribution in [2.75, 3.05) is 7.11 Å². The largest absolute Gasteiger partial charge is 0.479 e. The Kier molecular flexibility index (Phi) is 4.17. The van der Waals surface area contributed by atoms with E-state index in [0.29, 0.717) is 11.1 Å². The van der Waals surface area contributed by atoms with Crippen molar-refractivity contribution in [1.29, 1.82) is 0 Å². The zero-order valence-electron chi connectivity index (χ0n) is 11.1. The number of methoxy groups -OCH3 is 1. The first-order valence-electron chi connectivity index (χ1n) is 6.20. The summed E-state index contributed by atoms with van der Waals surface area (Å²) in [7, 11) is 1.40. The Balaban J connectivity index is 2.68. The molecule has 2 aromatic rings. The smallest absolute Gasteiger partial charge is 0.336 e. The summed E-state index contributed by atoms with van der Waals surface area (Å²) in [5.74, 6) is -1.33. The lowest BCUT2D eigenvalue weighted by Gasteiger charge is -2.35. The van der Waals surface area contributed by atoms with Crippen molar-refractivity contribution >= 4 is 5.97 Å². The van der Waals surface area contributed by atoms with Crippen LogP contribution in [0.15, 0.2) is 60.7 Å². The molecule has 104 valence electrons. The van der Waals surface area contributed by atoms with Gasteiger partial charge < -0.3 is 14.9 Å².